The second-order valence-electron chi connectivity index (χ2n) is 14.0. The Morgan fingerprint density at radius 1 is 0.574 bits per heavy atom. The third-order valence-electron chi connectivity index (χ3n) is 9.00. The number of aliphatic hydroxyl groups is 1. The molecule has 0 aliphatic rings. The fraction of sp³-hybridized carbons (Fsp3) is 0.689. The zero-order valence-corrected chi connectivity index (χ0v) is 34.0. The quantitative estimate of drug-likeness (QED) is 0.0281. The molecule has 0 bridgehead atoms. The Bertz CT molecular complexity index is 1100. The van der Waals surface area contributed by atoms with Crippen molar-refractivity contribution >= 4 is 23.8 Å². The molecule has 0 spiro atoms. The molecular formula is C45H76N2O7. The number of allylic oxidation sites excluding steroid dienone is 10. The molecule has 0 aromatic carbocycles. The van der Waals surface area contributed by atoms with E-state index in [0.29, 0.717) is 12.8 Å². The number of carbonyl (C=O) groups is 4. The van der Waals surface area contributed by atoms with Crippen molar-refractivity contribution in [3.8, 4) is 0 Å². The number of amides is 2. The van der Waals surface area contributed by atoms with Crippen LogP contribution in [0.15, 0.2) is 60.8 Å². The number of carboxylic acid groups (broad SMARTS) is 1. The summed E-state index contributed by atoms with van der Waals surface area (Å²) in [6.07, 6.45) is 46.7. The average molecular weight is 757 g/mol. The van der Waals surface area contributed by atoms with Crippen molar-refractivity contribution in [2.45, 2.75) is 187 Å². The highest BCUT2D eigenvalue weighted by atomic mass is 16.5. The van der Waals surface area contributed by atoms with Crippen LogP contribution in [0.5, 0.6) is 0 Å². The van der Waals surface area contributed by atoms with Crippen molar-refractivity contribution < 1.29 is 34.1 Å². The van der Waals surface area contributed by atoms with Gasteiger partial charge in [0.1, 0.15) is 12.1 Å². The average Bonchev–Trinajstić information content (AvgIpc) is 3.15. The summed E-state index contributed by atoms with van der Waals surface area (Å²) in [6, 6.07) is -1.39. The van der Waals surface area contributed by atoms with Gasteiger partial charge in [-0.05, 0) is 96.3 Å². The molecule has 9 heteroatoms. The van der Waals surface area contributed by atoms with Crippen molar-refractivity contribution in [3.63, 3.8) is 0 Å². The normalized spacial score (nSPS) is 13.1. The van der Waals surface area contributed by atoms with E-state index in [0.717, 1.165) is 109 Å². The fourth-order valence-electron chi connectivity index (χ4n) is 5.76. The van der Waals surface area contributed by atoms with Crippen LogP contribution in [0, 0.1) is 0 Å². The molecule has 9 nitrogen and oxygen atoms in total. The Morgan fingerprint density at radius 3 is 1.69 bits per heavy atom. The van der Waals surface area contributed by atoms with E-state index in [4.69, 9.17) is 14.9 Å². The predicted molar refractivity (Wildman–Crippen MR) is 222 cm³/mol. The number of hydrogen-bond acceptors (Lipinski definition) is 6. The summed E-state index contributed by atoms with van der Waals surface area (Å²) in [5.74, 6) is -2.36. The Balaban J connectivity index is 4.46. The molecule has 308 valence electrons. The topological polar surface area (TPSA) is 142 Å². The smallest absolute Gasteiger partial charge is 0.328 e. The summed E-state index contributed by atoms with van der Waals surface area (Å²) in [5.41, 5.74) is 0. The summed E-state index contributed by atoms with van der Waals surface area (Å²) in [4.78, 5) is 47.5. The third-order valence-corrected chi connectivity index (χ3v) is 9.00. The first-order valence-corrected chi connectivity index (χ1v) is 21.2. The molecule has 0 rings (SSSR count). The molecule has 0 saturated carbocycles. The first kappa shape index (κ1) is 50.5. The molecule has 0 saturated heterocycles. The van der Waals surface area contributed by atoms with Crippen LogP contribution in [0.25, 0.3) is 0 Å². The van der Waals surface area contributed by atoms with Gasteiger partial charge in [-0.25, -0.2) is 4.79 Å². The van der Waals surface area contributed by atoms with Gasteiger partial charge in [0.2, 0.25) is 11.8 Å². The number of ether oxygens (including phenoxy) is 1. The summed E-state index contributed by atoms with van der Waals surface area (Å²) in [5, 5.41) is 22.5. The maximum absolute atomic E-state index is 12.7. The number of nitrogens with one attached hydrogen (secondary N) is 2. The largest absolute Gasteiger partial charge is 0.480 e. The van der Waals surface area contributed by atoms with Gasteiger partial charge in [0, 0.05) is 12.8 Å². The number of esters is 1. The Morgan fingerprint density at radius 2 is 1.07 bits per heavy atom. The lowest BCUT2D eigenvalue weighted by Gasteiger charge is -2.18. The highest BCUT2D eigenvalue weighted by Gasteiger charge is 2.19. The molecule has 0 aliphatic carbocycles. The van der Waals surface area contributed by atoms with Crippen LogP contribution in [-0.4, -0.2) is 59.3 Å². The van der Waals surface area contributed by atoms with Gasteiger partial charge >= 0.3 is 11.9 Å². The van der Waals surface area contributed by atoms with Gasteiger partial charge < -0.3 is 25.6 Å². The zero-order valence-electron chi connectivity index (χ0n) is 34.0. The molecule has 2 atom stereocenters. The van der Waals surface area contributed by atoms with Crippen LogP contribution >= 0.6 is 0 Å². The van der Waals surface area contributed by atoms with E-state index in [-0.39, 0.29) is 30.9 Å². The first-order valence-electron chi connectivity index (χ1n) is 21.2. The second kappa shape index (κ2) is 39.2. The van der Waals surface area contributed by atoms with Crippen LogP contribution in [0.1, 0.15) is 174 Å². The Hall–Kier alpha value is -3.46. The SMILES string of the molecule is CC/C=C\C/C=C\C/C=C\CCCCCC(=O)OC(CCC/C=C\C/C=C\CCCCCCC)CCCCCCCC(=O)NCC(=O)NC(CO)C(=O)O. The standard InChI is InChI=1S/C45H76N2O7/c1-3-5-7-9-11-13-15-17-19-21-23-26-30-34-40(54-44(51)37-33-29-24-22-20-18-16-14-12-10-8-6-4-2)35-31-27-25-28-32-36-42(49)46-38-43(50)47-41(39-48)45(52)53/h6,8,12,14-15,17-18,20-21,23,40-41,48H,3-5,7,9-11,13,16,19,22,24-39H2,1-2H3,(H,46,49)(H,47,50)(H,52,53)/b8-6-,14-12-,17-15-,20-18-,23-21-. The van der Waals surface area contributed by atoms with Crippen molar-refractivity contribution in [3.05, 3.63) is 60.8 Å². The van der Waals surface area contributed by atoms with E-state index in [1.165, 1.54) is 32.1 Å². The van der Waals surface area contributed by atoms with Crippen LogP contribution < -0.4 is 10.6 Å². The summed E-state index contributed by atoms with van der Waals surface area (Å²) in [6.45, 7) is 3.33. The van der Waals surface area contributed by atoms with E-state index < -0.39 is 24.5 Å². The highest BCUT2D eigenvalue weighted by molar-refractivity contribution is 5.87. The van der Waals surface area contributed by atoms with E-state index in [1.54, 1.807) is 0 Å². The molecule has 0 heterocycles. The van der Waals surface area contributed by atoms with Crippen molar-refractivity contribution in [1.82, 2.24) is 10.6 Å². The Kier molecular flexibility index (Phi) is 36.7. The minimum Gasteiger partial charge on any atom is -0.480 e. The molecule has 2 unspecified atom stereocenters. The number of carboxylic acids is 1. The van der Waals surface area contributed by atoms with Crippen molar-refractivity contribution in [2.24, 2.45) is 0 Å². The van der Waals surface area contributed by atoms with E-state index in [1.807, 2.05) is 0 Å². The summed E-state index contributed by atoms with van der Waals surface area (Å²) >= 11 is 0. The van der Waals surface area contributed by atoms with Gasteiger partial charge in [0.15, 0.2) is 0 Å². The van der Waals surface area contributed by atoms with Gasteiger partial charge in [0.25, 0.3) is 0 Å². The third kappa shape index (κ3) is 35.6. The summed E-state index contributed by atoms with van der Waals surface area (Å²) in [7, 11) is 0. The molecular weight excluding hydrogens is 681 g/mol. The Labute approximate surface area is 328 Å². The molecule has 0 radical (unpaired) electrons. The van der Waals surface area contributed by atoms with Crippen LogP contribution in [-0.2, 0) is 23.9 Å². The van der Waals surface area contributed by atoms with Crippen LogP contribution in [0.3, 0.4) is 0 Å². The first-order chi connectivity index (χ1) is 26.3. The van der Waals surface area contributed by atoms with Gasteiger partial charge in [-0.3, -0.25) is 14.4 Å². The van der Waals surface area contributed by atoms with E-state index >= 15 is 0 Å². The minimum atomic E-state index is -1.39. The highest BCUT2D eigenvalue weighted by Crippen LogP contribution is 2.17. The number of hydrogen-bond donors (Lipinski definition) is 4. The maximum atomic E-state index is 12.7. The van der Waals surface area contributed by atoms with Crippen molar-refractivity contribution in [2.75, 3.05) is 13.2 Å². The lowest BCUT2D eigenvalue weighted by molar-refractivity contribution is -0.150. The van der Waals surface area contributed by atoms with E-state index in [2.05, 4.69) is 85.2 Å². The van der Waals surface area contributed by atoms with Crippen LogP contribution in [0.2, 0.25) is 0 Å². The number of unbranched alkanes of at least 4 members (excludes halogenated alkanes) is 13. The summed E-state index contributed by atoms with van der Waals surface area (Å²) < 4.78 is 5.98. The number of carbonyl (C=O) groups excluding carboxylic acids is 3. The zero-order chi connectivity index (χ0) is 39.7. The lowest BCUT2D eigenvalue weighted by Crippen LogP contribution is -2.47. The number of aliphatic hydroxyl groups excluding tert-OH is 1. The fourth-order valence-corrected chi connectivity index (χ4v) is 5.76. The van der Waals surface area contributed by atoms with Crippen LogP contribution in [0.4, 0.5) is 0 Å². The molecule has 2 amide bonds. The predicted octanol–water partition coefficient (Wildman–Crippen LogP) is 10.1. The minimum absolute atomic E-state index is 0.0737. The van der Waals surface area contributed by atoms with Gasteiger partial charge in [-0.2, -0.15) is 0 Å². The molecule has 0 aromatic heterocycles. The van der Waals surface area contributed by atoms with Crippen molar-refractivity contribution in [1.29, 1.82) is 0 Å². The lowest BCUT2D eigenvalue weighted by atomic mass is 10.0. The monoisotopic (exact) mass is 757 g/mol. The van der Waals surface area contributed by atoms with E-state index in [9.17, 15) is 19.2 Å². The number of rotatable bonds is 37. The molecule has 54 heavy (non-hydrogen) atoms. The van der Waals surface area contributed by atoms with Gasteiger partial charge in [-0.15, -0.1) is 0 Å². The molecule has 4 N–H and O–H groups in total. The molecule has 0 aliphatic heterocycles. The van der Waals surface area contributed by atoms with Gasteiger partial charge in [-0.1, -0.05) is 126 Å². The second-order valence-corrected chi connectivity index (χ2v) is 14.0. The number of aliphatic carboxylic acids is 1. The van der Waals surface area contributed by atoms with Gasteiger partial charge in [0.05, 0.1) is 13.2 Å². The molecule has 0 fully saturated rings. The molecule has 0 aromatic rings. The maximum Gasteiger partial charge on any atom is 0.328 e.